The molecule has 5 nitrogen and oxygen atoms in total. The van der Waals surface area contributed by atoms with E-state index < -0.39 is 5.97 Å². The minimum absolute atomic E-state index is 0.114. The summed E-state index contributed by atoms with van der Waals surface area (Å²) in [4.78, 5) is 27.1. The summed E-state index contributed by atoms with van der Waals surface area (Å²) in [6, 6.07) is 15.0. The van der Waals surface area contributed by atoms with Crippen LogP contribution in [0.3, 0.4) is 0 Å². The van der Waals surface area contributed by atoms with Gasteiger partial charge < -0.3 is 15.0 Å². The number of rotatable bonds is 8. The minimum atomic E-state index is -0.559. The Balaban J connectivity index is 2.25. The van der Waals surface area contributed by atoms with Gasteiger partial charge in [-0.25, -0.2) is 4.79 Å². The Morgan fingerprint density at radius 3 is 2.11 bits per heavy atom. The van der Waals surface area contributed by atoms with Crippen LogP contribution in [0.25, 0.3) is 6.08 Å². The molecule has 0 fully saturated rings. The number of carbonyl (C=O) groups is 2. The van der Waals surface area contributed by atoms with E-state index in [2.05, 4.69) is 24.1 Å². The molecule has 0 heterocycles. The number of ether oxygens (including phenoxy) is 1. The maximum Gasteiger partial charge on any atom is 0.354 e. The second-order valence-electron chi connectivity index (χ2n) is 6.36. The van der Waals surface area contributed by atoms with Crippen molar-refractivity contribution in [2.75, 3.05) is 24.6 Å². The number of carbonyl (C=O) groups excluding carboxylic acids is 2. The first-order chi connectivity index (χ1) is 13.5. The minimum Gasteiger partial charge on any atom is -0.461 e. The Hall–Kier alpha value is -3.08. The zero-order valence-corrected chi connectivity index (χ0v) is 17.0. The van der Waals surface area contributed by atoms with E-state index in [4.69, 9.17) is 4.74 Å². The third-order valence-electron chi connectivity index (χ3n) is 4.39. The van der Waals surface area contributed by atoms with E-state index >= 15 is 0 Å². The van der Waals surface area contributed by atoms with E-state index in [-0.39, 0.29) is 18.2 Å². The monoisotopic (exact) mass is 380 g/mol. The van der Waals surface area contributed by atoms with Crippen LogP contribution in [0.15, 0.2) is 54.2 Å². The van der Waals surface area contributed by atoms with Crippen molar-refractivity contribution in [3.63, 3.8) is 0 Å². The summed E-state index contributed by atoms with van der Waals surface area (Å²) in [6.07, 6.45) is 1.64. The molecule has 0 bridgehead atoms. The van der Waals surface area contributed by atoms with Gasteiger partial charge in [-0.3, -0.25) is 4.79 Å². The van der Waals surface area contributed by atoms with E-state index in [0.29, 0.717) is 5.56 Å². The number of amides is 1. The quantitative estimate of drug-likeness (QED) is 0.551. The number of hydrogen-bond donors (Lipinski definition) is 1. The summed E-state index contributed by atoms with van der Waals surface area (Å²) in [5.41, 5.74) is 3.58. The molecule has 0 unspecified atom stereocenters. The first kappa shape index (κ1) is 21.2. The third kappa shape index (κ3) is 5.71. The SMILES string of the molecule is CCOC(=O)/C(=C/c1ccc(N(CC)CC)cc1)NC(=O)c1ccc(C)cc1. The van der Waals surface area contributed by atoms with Crippen LogP contribution in [-0.2, 0) is 9.53 Å². The van der Waals surface area contributed by atoms with Gasteiger partial charge >= 0.3 is 5.97 Å². The zero-order chi connectivity index (χ0) is 20.5. The summed E-state index contributed by atoms with van der Waals surface area (Å²) in [6.45, 7) is 9.98. The Labute approximate surface area is 167 Å². The van der Waals surface area contributed by atoms with Gasteiger partial charge in [-0.15, -0.1) is 0 Å². The van der Waals surface area contributed by atoms with Gasteiger partial charge in [0.1, 0.15) is 5.70 Å². The van der Waals surface area contributed by atoms with Crippen LogP contribution < -0.4 is 10.2 Å². The molecule has 0 saturated carbocycles. The van der Waals surface area contributed by atoms with E-state index in [1.165, 1.54) is 0 Å². The molecule has 0 radical (unpaired) electrons. The van der Waals surface area contributed by atoms with Crippen molar-refractivity contribution in [1.82, 2.24) is 5.32 Å². The molecule has 1 N–H and O–H groups in total. The molecule has 2 aromatic carbocycles. The van der Waals surface area contributed by atoms with Crippen molar-refractivity contribution in [1.29, 1.82) is 0 Å². The van der Waals surface area contributed by atoms with Gasteiger partial charge in [0.2, 0.25) is 0 Å². The number of nitrogens with one attached hydrogen (secondary N) is 1. The van der Waals surface area contributed by atoms with Gasteiger partial charge in [0, 0.05) is 24.3 Å². The van der Waals surface area contributed by atoms with Crippen LogP contribution >= 0.6 is 0 Å². The van der Waals surface area contributed by atoms with E-state index in [1.807, 2.05) is 43.3 Å². The lowest BCUT2D eigenvalue weighted by molar-refractivity contribution is -0.138. The van der Waals surface area contributed by atoms with Crippen LogP contribution in [0.5, 0.6) is 0 Å². The lowest BCUT2D eigenvalue weighted by Crippen LogP contribution is -2.28. The van der Waals surface area contributed by atoms with Crippen molar-refractivity contribution in [3.8, 4) is 0 Å². The molecular formula is C23H28N2O3. The van der Waals surface area contributed by atoms with E-state index in [1.54, 1.807) is 25.1 Å². The summed E-state index contributed by atoms with van der Waals surface area (Å²) >= 11 is 0. The number of anilines is 1. The standard InChI is InChI=1S/C23H28N2O3/c1-5-25(6-2)20-14-10-18(11-15-20)16-21(23(27)28-7-3)24-22(26)19-12-8-17(4)9-13-19/h8-16H,5-7H2,1-4H3,(H,24,26)/b21-16-. The fourth-order valence-electron chi connectivity index (χ4n) is 2.79. The van der Waals surface area contributed by atoms with Gasteiger partial charge in [-0.2, -0.15) is 0 Å². The van der Waals surface area contributed by atoms with Crippen LogP contribution in [0.1, 0.15) is 42.3 Å². The predicted molar refractivity (Wildman–Crippen MR) is 113 cm³/mol. The highest BCUT2D eigenvalue weighted by molar-refractivity contribution is 6.03. The maximum absolute atomic E-state index is 12.5. The number of benzene rings is 2. The first-order valence-electron chi connectivity index (χ1n) is 9.60. The predicted octanol–water partition coefficient (Wildman–Crippen LogP) is 4.18. The Morgan fingerprint density at radius 1 is 0.964 bits per heavy atom. The van der Waals surface area contributed by atoms with Crippen LogP contribution in [0.2, 0.25) is 0 Å². The Morgan fingerprint density at radius 2 is 1.57 bits per heavy atom. The molecule has 148 valence electrons. The van der Waals surface area contributed by atoms with Crippen molar-refractivity contribution in [3.05, 3.63) is 70.9 Å². The van der Waals surface area contributed by atoms with Gasteiger partial charge in [-0.05, 0) is 63.6 Å². The molecule has 0 aliphatic heterocycles. The topological polar surface area (TPSA) is 58.6 Å². The zero-order valence-electron chi connectivity index (χ0n) is 17.0. The van der Waals surface area contributed by atoms with E-state index in [9.17, 15) is 9.59 Å². The van der Waals surface area contributed by atoms with Gasteiger partial charge in [0.05, 0.1) is 6.61 Å². The van der Waals surface area contributed by atoms with Crippen LogP contribution in [-0.4, -0.2) is 31.6 Å². The average molecular weight is 380 g/mol. The van der Waals surface area contributed by atoms with Crippen molar-refractivity contribution < 1.29 is 14.3 Å². The summed E-state index contributed by atoms with van der Waals surface area (Å²) in [7, 11) is 0. The number of esters is 1. The molecule has 0 aliphatic rings. The second-order valence-corrected chi connectivity index (χ2v) is 6.36. The third-order valence-corrected chi connectivity index (χ3v) is 4.39. The maximum atomic E-state index is 12.5. The molecule has 0 saturated heterocycles. The smallest absolute Gasteiger partial charge is 0.354 e. The average Bonchev–Trinajstić information content (AvgIpc) is 2.70. The van der Waals surface area contributed by atoms with E-state index in [0.717, 1.165) is 29.9 Å². The summed E-state index contributed by atoms with van der Waals surface area (Å²) in [5.74, 6) is -0.908. The van der Waals surface area contributed by atoms with Gasteiger partial charge in [0.25, 0.3) is 5.91 Å². The molecule has 0 spiro atoms. The fourth-order valence-corrected chi connectivity index (χ4v) is 2.79. The highest BCUT2D eigenvalue weighted by Crippen LogP contribution is 2.17. The van der Waals surface area contributed by atoms with Crippen molar-refractivity contribution in [2.45, 2.75) is 27.7 Å². The van der Waals surface area contributed by atoms with Crippen LogP contribution in [0.4, 0.5) is 5.69 Å². The number of aryl methyl sites for hydroxylation is 1. The largest absolute Gasteiger partial charge is 0.461 e. The van der Waals surface area contributed by atoms with Gasteiger partial charge in [0.15, 0.2) is 0 Å². The highest BCUT2D eigenvalue weighted by Gasteiger charge is 2.15. The summed E-state index contributed by atoms with van der Waals surface area (Å²) in [5, 5.41) is 2.68. The molecule has 1 amide bonds. The fraction of sp³-hybridized carbons (Fsp3) is 0.304. The molecule has 0 atom stereocenters. The number of hydrogen-bond acceptors (Lipinski definition) is 4. The van der Waals surface area contributed by atoms with Crippen LogP contribution in [0, 0.1) is 6.92 Å². The molecule has 0 aliphatic carbocycles. The molecule has 2 aromatic rings. The number of nitrogens with zero attached hydrogens (tertiary/aromatic N) is 1. The molecular weight excluding hydrogens is 352 g/mol. The first-order valence-corrected chi connectivity index (χ1v) is 9.60. The second kappa shape index (κ2) is 10.3. The van der Waals surface area contributed by atoms with Crippen molar-refractivity contribution >= 4 is 23.6 Å². The Kier molecular flexibility index (Phi) is 7.81. The molecule has 2 rings (SSSR count). The van der Waals surface area contributed by atoms with Gasteiger partial charge in [-0.1, -0.05) is 29.8 Å². The molecule has 28 heavy (non-hydrogen) atoms. The van der Waals surface area contributed by atoms with Crippen molar-refractivity contribution in [2.24, 2.45) is 0 Å². The molecule has 5 heteroatoms. The Bertz CT molecular complexity index is 820. The molecule has 0 aromatic heterocycles. The lowest BCUT2D eigenvalue weighted by Gasteiger charge is -2.20. The normalized spacial score (nSPS) is 11.1. The lowest BCUT2D eigenvalue weighted by atomic mass is 10.1. The summed E-state index contributed by atoms with van der Waals surface area (Å²) < 4.78 is 5.10. The highest BCUT2D eigenvalue weighted by atomic mass is 16.5.